The van der Waals surface area contributed by atoms with Crippen molar-refractivity contribution < 1.29 is 0 Å². The molecule has 1 unspecified atom stereocenters. The van der Waals surface area contributed by atoms with E-state index < -0.39 is 0 Å². The molecule has 1 aliphatic rings. The van der Waals surface area contributed by atoms with Crippen LogP contribution < -0.4 is 5.73 Å². The van der Waals surface area contributed by atoms with Crippen LogP contribution >= 0.6 is 0 Å². The number of hydrogen-bond donors (Lipinski definition) is 1. The molecule has 0 radical (unpaired) electrons. The van der Waals surface area contributed by atoms with E-state index in [-0.39, 0.29) is 0 Å². The third-order valence-electron chi connectivity index (χ3n) is 2.05. The van der Waals surface area contributed by atoms with Gasteiger partial charge in [-0.05, 0) is 0 Å². The molecule has 0 saturated carbocycles. The van der Waals surface area contributed by atoms with E-state index in [0.717, 1.165) is 11.2 Å². The minimum absolute atomic E-state index is 0.447. The summed E-state index contributed by atoms with van der Waals surface area (Å²) >= 11 is 0.458. The second-order valence-corrected chi connectivity index (χ2v) is 5.30. The molecule has 1 heterocycles. The fourth-order valence-electron chi connectivity index (χ4n) is 1.43. The predicted molar refractivity (Wildman–Crippen MR) is 56.1 cm³/mol. The van der Waals surface area contributed by atoms with Gasteiger partial charge in [0.15, 0.2) is 0 Å². The van der Waals surface area contributed by atoms with Crippen molar-refractivity contribution in [1.29, 1.82) is 0 Å². The van der Waals surface area contributed by atoms with Crippen LogP contribution in [0.5, 0.6) is 0 Å². The number of amidine groups is 1. The third-order valence-corrected chi connectivity index (χ3v) is 4.05. The van der Waals surface area contributed by atoms with Gasteiger partial charge < -0.3 is 0 Å². The van der Waals surface area contributed by atoms with Crippen molar-refractivity contribution in [2.45, 2.75) is 17.8 Å². The van der Waals surface area contributed by atoms with Gasteiger partial charge in [-0.2, -0.15) is 0 Å². The van der Waals surface area contributed by atoms with Crippen LogP contribution in [0, 0.1) is 0 Å². The summed E-state index contributed by atoms with van der Waals surface area (Å²) in [6.45, 7) is 0. The first-order chi connectivity index (χ1) is 6.34. The van der Waals surface area contributed by atoms with Crippen LogP contribution in [-0.2, 0) is 6.42 Å². The molecule has 2 nitrogen and oxygen atoms in total. The Balaban J connectivity index is 2.00. The third kappa shape index (κ3) is 2.33. The molecule has 0 spiro atoms. The maximum absolute atomic E-state index is 5.66. The molecule has 3 heteroatoms. The molecule has 1 aliphatic heterocycles. The number of nitrogens with two attached hydrogens (primary N) is 1. The van der Waals surface area contributed by atoms with Crippen molar-refractivity contribution in [1.82, 2.24) is 0 Å². The van der Waals surface area contributed by atoms with E-state index in [4.69, 9.17) is 5.73 Å². The Kier molecular flexibility index (Phi) is 2.67. The zero-order valence-corrected chi connectivity index (χ0v) is 9.02. The van der Waals surface area contributed by atoms with Gasteiger partial charge in [0.05, 0.1) is 0 Å². The van der Waals surface area contributed by atoms with Crippen molar-refractivity contribution in [3.63, 3.8) is 0 Å². The molecule has 1 aromatic rings. The molecule has 2 N–H and O–H groups in total. The molecule has 0 bridgehead atoms. The molecule has 68 valence electrons. The summed E-state index contributed by atoms with van der Waals surface area (Å²) in [5, 5.41) is 1.17. The Morgan fingerprint density at radius 2 is 2.15 bits per heavy atom. The maximum atomic E-state index is 5.66. The van der Waals surface area contributed by atoms with Crippen molar-refractivity contribution in [3.05, 3.63) is 35.9 Å². The quantitative estimate of drug-likeness (QED) is 0.770. The van der Waals surface area contributed by atoms with Gasteiger partial charge in [0.2, 0.25) is 0 Å². The SMILES string of the molecule is NC1=NC(Cc2ccccc2)C[Se]1. The molecular weight excluding hydrogens is 227 g/mol. The van der Waals surface area contributed by atoms with Crippen LogP contribution in [0.2, 0.25) is 5.32 Å². The number of benzene rings is 1. The van der Waals surface area contributed by atoms with Crippen molar-refractivity contribution in [2.24, 2.45) is 10.7 Å². The Labute approximate surface area is 84.4 Å². The van der Waals surface area contributed by atoms with E-state index >= 15 is 0 Å². The van der Waals surface area contributed by atoms with E-state index in [1.807, 2.05) is 6.07 Å². The molecule has 1 atom stereocenters. The van der Waals surface area contributed by atoms with Gasteiger partial charge in [-0.1, -0.05) is 0 Å². The Hall–Kier alpha value is -0.791. The summed E-state index contributed by atoms with van der Waals surface area (Å²) in [7, 11) is 0. The molecule has 0 aliphatic carbocycles. The average molecular weight is 239 g/mol. The van der Waals surface area contributed by atoms with Crippen LogP contribution in [0.15, 0.2) is 35.3 Å². The van der Waals surface area contributed by atoms with E-state index in [0.29, 0.717) is 21.0 Å². The van der Waals surface area contributed by atoms with Gasteiger partial charge >= 0.3 is 84.1 Å². The van der Waals surface area contributed by atoms with Gasteiger partial charge in [0.25, 0.3) is 0 Å². The van der Waals surface area contributed by atoms with E-state index in [9.17, 15) is 0 Å². The first-order valence-corrected chi connectivity index (χ1v) is 6.41. The van der Waals surface area contributed by atoms with Crippen LogP contribution in [0.1, 0.15) is 5.56 Å². The number of nitrogens with zero attached hydrogens (tertiary/aromatic N) is 1. The summed E-state index contributed by atoms with van der Waals surface area (Å²) in [5.74, 6) is 0. The van der Waals surface area contributed by atoms with Crippen LogP contribution in [0.3, 0.4) is 0 Å². The first-order valence-electron chi connectivity index (χ1n) is 4.34. The summed E-state index contributed by atoms with van der Waals surface area (Å²) in [6.07, 6.45) is 1.04. The summed E-state index contributed by atoms with van der Waals surface area (Å²) in [6, 6.07) is 10.9. The van der Waals surface area contributed by atoms with Crippen LogP contribution in [0.25, 0.3) is 0 Å². The van der Waals surface area contributed by atoms with Gasteiger partial charge in [0.1, 0.15) is 0 Å². The number of hydrogen-bond acceptors (Lipinski definition) is 2. The van der Waals surface area contributed by atoms with E-state index in [2.05, 4.69) is 29.3 Å². The Morgan fingerprint density at radius 1 is 1.38 bits per heavy atom. The number of aliphatic imine (C=N–C) groups is 1. The molecule has 0 saturated heterocycles. The van der Waals surface area contributed by atoms with E-state index in [1.165, 1.54) is 10.9 Å². The van der Waals surface area contributed by atoms with Crippen LogP contribution in [0.4, 0.5) is 0 Å². The first kappa shape index (κ1) is 8.79. The van der Waals surface area contributed by atoms with Crippen LogP contribution in [-0.4, -0.2) is 25.7 Å². The predicted octanol–water partition coefficient (Wildman–Crippen LogP) is 1.05. The molecule has 2 rings (SSSR count). The Morgan fingerprint density at radius 3 is 2.77 bits per heavy atom. The summed E-state index contributed by atoms with van der Waals surface area (Å²) in [4.78, 5) is 4.41. The van der Waals surface area contributed by atoms with E-state index in [1.54, 1.807) is 0 Å². The van der Waals surface area contributed by atoms with Crippen molar-refractivity contribution in [3.8, 4) is 0 Å². The van der Waals surface area contributed by atoms with Gasteiger partial charge in [-0.25, -0.2) is 0 Å². The second-order valence-electron chi connectivity index (χ2n) is 3.12. The zero-order valence-electron chi connectivity index (χ0n) is 7.31. The van der Waals surface area contributed by atoms with Crippen molar-refractivity contribution in [2.75, 3.05) is 0 Å². The average Bonchev–Trinajstić information content (AvgIpc) is 2.53. The molecular formula is C10H12N2Se. The normalized spacial score (nSPS) is 21.5. The second kappa shape index (κ2) is 3.95. The summed E-state index contributed by atoms with van der Waals surface area (Å²) in [5.41, 5.74) is 7.02. The minimum atomic E-state index is 0.447. The zero-order chi connectivity index (χ0) is 9.10. The molecule has 0 amide bonds. The Bertz CT molecular complexity index is 308. The molecule has 13 heavy (non-hydrogen) atoms. The van der Waals surface area contributed by atoms with Gasteiger partial charge in [0, 0.05) is 0 Å². The monoisotopic (exact) mass is 240 g/mol. The van der Waals surface area contributed by atoms with Gasteiger partial charge in [-0.3, -0.25) is 0 Å². The number of rotatable bonds is 2. The standard InChI is InChI=1S/C10H12N2Se/c11-10-12-9(7-13-10)6-8-4-2-1-3-5-8/h1-5,9H,6-7H2,(H2,11,12). The topological polar surface area (TPSA) is 38.4 Å². The fourth-order valence-corrected chi connectivity index (χ4v) is 3.06. The molecule has 0 aromatic heterocycles. The molecule has 1 aromatic carbocycles. The van der Waals surface area contributed by atoms with Gasteiger partial charge in [-0.15, -0.1) is 0 Å². The molecule has 0 fully saturated rings. The summed E-state index contributed by atoms with van der Waals surface area (Å²) < 4.78 is 0.883. The van der Waals surface area contributed by atoms with Crippen molar-refractivity contribution >= 4 is 19.7 Å². The fraction of sp³-hybridized carbons (Fsp3) is 0.300.